The zero-order chi connectivity index (χ0) is 17.4. The summed E-state index contributed by atoms with van der Waals surface area (Å²) in [5.41, 5.74) is 7.61. The van der Waals surface area contributed by atoms with E-state index in [2.05, 4.69) is 10.1 Å². The molecule has 0 atom stereocenters. The summed E-state index contributed by atoms with van der Waals surface area (Å²) in [7, 11) is 0. The first kappa shape index (κ1) is 15.4. The van der Waals surface area contributed by atoms with Crippen LogP contribution in [-0.4, -0.2) is 43.6 Å². The monoisotopic (exact) mass is 337 g/mol. The minimum absolute atomic E-state index is 0.0268. The van der Waals surface area contributed by atoms with Crippen molar-refractivity contribution in [2.75, 3.05) is 18.8 Å². The zero-order valence-corrected chi connectivity index (χ0v) is 13.7. The maximum atomic E-state index is 12.7. The zero-order valence-electron chi connectivity index (χ0n) is 13.7. The second-order valence-corrected chi connectivity index (χ2v) is 6.24. The van der Waals surface area contributed by atoms with E-state index in [1.165, 1.54) is 10.9 Å². The van der Waals surface area contributed by atoms with E-state index in [0.29, 0.717) is 28.4 Å². The number of aromatic nitrogens is 3. The number of aromatic hydroxyl groups is 1. The van der Waals surface area contributed by atoms with Gasteiger partial charge in [-0.1, -0.05) is 12.1 Å². The molecule has 1 aliphatic rings. The van der Waals surface area contributed by atoms with E-state index in [4.69, 9.17) is 5.73 Å². The molecule has 7 heteroatoms. The fourth-order valence-corrected chi connectivity index (χ4v) is 3.19. The highest BCUT2D eigenvalue weighted by Gasteiger charge is 2.20. The lowest BCUT2D eigenvalue weighted by atomic mass is 10.1. The molecule has 0 saturated carbocycles. The molecule has 4 rings (SSSR count). The van der Waals surface area contributed by atoms with Gasteiger partial charge < -0.3 is 15.7 Å². The van der Waals surface area contributed by atoms with E-state index >= 15 is 0 Å². The summed E-state index contributed by atoms with van der Waals surface area (Å²) in [5.74, 6) is 0.780. The standard InChI is InChI=1S/C18H19N5O2/c19-15-10-12(18(25)22-8-4-1-5-9-22)11-16-20-17(21-23(15)16)13-6-2-3-7-14(13)24/h2-3,6-7,10-11,24H,1,4-5,8-9,19H2. The summed E-state index contributed by atoms with van der Waals surface area (Å²) >= 11 is 0. The quantitative estimate of drug-likeness (QED) is 0.748. The van der Waals surface area contributed by atoms with Gasteiger partial charge in [0, 0.05) is 18.7 Å². The molecular weight excluding hydrogens is 318 g/mol. The number of carbonyl (C=O) groups is 1. The first-order valence-corrected chi connectivity index (χ1v) is 8.37. The number of pyridine rings is 1. The van der Waals surface area contributed by atoms with Crippen LogP contribution in [0.3, 0.4) is 0 Å². The number of rotatable bonds is 2. The number of piperidine rings is 1. The Morgan fingerprint density at radius 3 is 2.64 bits per heavy atom. The number of hydrogen-bond donors (Lipinski definition) is 2. The predicted molar refractivity (Wildman–Crippen MR) is 94.3 cm³/mol. The van der Waals surface area contributed by atoms with Gasteiger partial charge in [-0.25, -0.2) is 4.98 Å². The third kappa shape index (κ3) is 2.77. The number of hydrogen-bond acceptors (Lipinski definition) is 5. The summed E-state index contributed by atoms with van der Waals surface area (Å²) in [4.78, 5) is 19.0. The topological polar surface area (TPSA) is 96.8 Å². The molecule has 1 aromatic carbocycles. The van der Waals surface area contributed by atoms with Gasteiger partial charge in [-0.3, -0.25) is 4.79 Å². The highest BCUT2D eigenvalue weighted by atomic mass is 16.3. The molecule has 3 aromatic rings. The highest BCUT2D eigenvalue weighted by Crippen LogP contribution is 2.27. The largest absolute Gasteiger partial charge is 0.507 e. The fraction of sp³-hybridized carbons (Fsp3) is 0.278. The average Bonchev–Trinajstić information content (AvgIpc) is 3.07. The first-order valence-electron chi connectivity index (χ1n) is 8.37. The Kier molecular flexibility index (Phi) is 3.76. The molecule has 1 saturated heterocycles. The van der Waals surface area contributed by atoms with Crippen molar-refractivity contribution in [3.63, 3.8) is 0 Å². The van der Waals surface area contributed by atoms with Crippen LogP contribution in [0.1, 0.15) is 29.6 Å². The number of nitrogen functional groups attached to an aromatic ring is 1. The number of anilines is 1. The van der Waals surface area contributed by atoms with Gasteiger partial charge in [0.15, 0.2) is 11.5 Å². The smallest absolute Gasteiger partial charge is 0.254 e. The summed E-state index contributed by atoms with van der Waals surface area (Å²) < 4.78 is 1.48. The van der Waals surface area contributed by atoms with Crippen molar-refractivity contribution in [1.29, 1.82) is 0 Å². The minimum Gasteiger partial charge on any atom is -0.507 e. The summed E-state index contributed by atoms with van der Waals surface area (Å²) in [6.07, 6.45) is 3.23. The van der Waals surface area contributed by atoms with Crippen molar-refractivity contribution < 1.29 is 9.90 Å². The Bertz CT molecular complexity index is 944. The molecule has 7 nitrogen and oxygen atoms in total. The predicted octanol–water partition coefficient (Wildman–Crippen LogP) is 2.31. The van der Waals surface area contributed by atoms with Crippen molar-refractivity contribution in [2.45, 2.75) is 19.3 Å². The number of phenolic OH excluding ortho intramolecular Hbond substituents is 1. The molecule has 25 heavy (non-hydrogen) atoms. The second kappa shape index (κ2) is 6.08. The molecule has 0 unspecified atom stereocenters. The number of carbonyl (C=O) groups excluding carboxylic acids is 1. The highest BCUT2D eigenvalue weighted by molar-refractivity contribution is 5.96. The van der Waals surface area contributed by atoms with Crippen LogP contribution in [0.25, 0.3) is 17.0 Å². The van der Waals surface area contributed by atoms with Crippen LogP contribution >= 0.6 is 0 Å². The molecule has 1 fully saturated rings. The van der Waals surface area contributed by atoms with Crippen molar-refractivity contribution >= 4 is 17.4 Å². The van der Waals surface area contributed by atoms with E-state index < -0.39 is 0 Å². The minimum atomic E-state index is -0.0268. The van der Waals surface area contributed by atoms with Gasteiger partial charge in [0.05, 0.1) is 5.56 Å². The van der Waals surface area contributed by atoms with Crippen LogP contribution in [0.4, 0.5) is 5.82 Å². The Morgan fingerprint density at radius 2 is 1.88 bits per heavy atom. The fourth-order valence-electron chi connectivity index (χ4n) is 3.19. The molecule has 0 radical (unpaired) electrons. The number of likely N-dealkylation sites (tertiary alicyclic amines) is 1. The molecule has 1 amide bonds. The molecule has 0 aliphatic carbocycles. The second-order valence-electron chi connectivity index (χ2n) is 6.24. The van der Waals surface area contributed by atoms with Gasteiger partial charge in [0.1, 0.15) is 11.6 Å². The number of nitrogens with zero attached hydrogens (tertiary/aromatic N) is 4. The number of para-hydroxylation sites is 1. The van der Waals surface area contributed by atoms with Crippen LogP contribution in [0.2, 0.25) is 0 Å². The SMILES string of the molecule is Nc1cc(C(=O)N2CCCCC2)cc2nc(-c3ccccc3O)nn12. The molecule has 1 aliphatic heterocycles. The first-order chi connectivity index (χ1) is 12.1. The number of fused-ring (bicyclic) bond motifs is 1. The third-order valence-corrected chi connectivity index (χ3v) is 4.50. The third-order valence-electron chi connectivity index (χ3n) is 4.50. The molecule has 3 N–H and O–H groups in total. The van der Waals surface area contributed by atoms with Crippen molar-refractivity contribution in [3.05, 3.63) is 42.0 Å². The van der Waals surface area contributed by atoms with Gasteiger partial charge in [0.2, 0.25) is 0 Å². The number of benzene rings is 1. The molecule has 0 spiro atoms. The van der Waals surface area contributed by atoms with E-state index in [-0.39, 0.29) is 11.7 Å². The molecule has 0 bridgehead atoms. The van der Waals surface area contributed by atoms with Crippen LogP contribution in [-0.2, 0) is 0 Å². The lowest BCUT2D eigenvalue weighted by molar-refractivity contribution is 0.0724. The summed E-state index contributed by atoms with van der Waals surface area (Å²) in [5, 5.41) is 14.3. The number of nitrogens with two attached hydrogens (primary N) is 1. The molecule has 2 aromatic heterocycles. The Labute approximate surface area is 144 Å². The van der Waals surface area contributed by atoms with Gasteiger partial charge in [0.25, 0.3) is 5.91 Å². The maximum Gasteiger partial charge on any atom is 0.254 e. The molecule has 128 valence electrons. The van der Waals surface area contributed by atoms with Crippen LogP contribution in [0.15, 0.2) is 36.4 Å². The average molecular weight is 337 g/mol. The normalized spacial score (nSPS) is 14.8. The number of phenols is 1. The van der Waals surface area contributed by atoms with Crippen molar-refractivity contribution in [3.8, 4) is 17.1 Å². The van der Waals surface area contributed by atoms with Crippen LogP contribution in [0, 0.1) is 0 Å². The maximum absolute atomic E-state index is 12.7. The van der Waals surface area contributed by atoms with Crippen LogP contribution < -0.4 is 5.73 Å². The van der Waals surface area contributed by atoms with Crippen LogP contribution in [0.5, 0.6) is 5.75 Å². The Balaban J connectivity index is 1.74. The molecular formula is C18H19N5O2. The van der Waals surface area contributed by atoms with Crippen molar-refractivity contribution in [1.82, 2.24) is 19.5 Å². The van der Waals surface area contributed by atoms with Gasteiger partial charge in [-0.15, -0.1) is 5.10 Å². The Morgan fingerprint density at radius 1 is 1.12 bits per heavy atom. The Hall–Kier alpha value is -3.09. The van der Waals surface area contributed by atoms with Gasteiger partial charge in [-0.05, 0) is 43.5 Å². The lowest BCUT2D eigenvalue weighted by Gasteiger charge is -2.26. The van der Waals surface area contributed by atoms with Gasteiger partial charge >= 0.3 is 0 Å². The van der Waals surface area contributed by atoms with E-state index in [0.717, 1.165) is 25.9 Å². The number of amides is 1. The van der Waals surface area contributed by atoms with E-state index in [9.17, 15) is 9.90 Å². The lowest BCUT2D eigenvalue weighted by Crippen LogP contribution is -2.35. The van der Waals surface area contributed by atoms with E-state index in [1.807, 2.05) is 4.90 Å². The van der Waals surface area contributed by atoms with Gasteiger partial charge in [-0.2, -0.15) is 4.52 Å². The summed E-state index contributed by atoms with van der Waals surface area (Å²) in [6, 6.07) is 10.2. The van der Waals surface area contributed by atoms with E-state index in [1.54, 1.807) is 36.4 Å². The summed E-state index contributed by atoms with van der Waals surface area (Å²) in [6.45, 7) is 1.56. The van der Waals surface area contributed by atoms with Crippen molar-refractivity contribution in [2.24, 2.45) is 0 Å². The molecule has 3 heterocycles.